The van der Waals surface area contributed by atoms with Gasteiger partial charge in [0.05, 0.1) is 16.6 Å². The second-order valence-corrected chi connectivity index (χ2v) is 7.46. The molecule has 2 unspecified atom stereocenters. The maximum atomic E-state index is 11.8. The van der Waals surface area contributed by atoms with Crippen LogP contribution in [0, 0.1) is 0 Å². The maximum absolute atomic E-state index is 11.8. The van der Waals surface area contributed by atoms with E-state index in [1.165, 1.54) is 11.5 Å². The van der Waals surface area contributed by atoms with Crippen LogP contribution >= 0.6 is 11.5 Å². The molecule has 1 N–H and O–H groups in total. The zero-order valence-corrected chi connectivity index (χ0v) is 14.4. The van der Waals surface area contributed by atoms with Gasteiger partial charge in [-0.05, 0) is 36.5 Å². The lowest BCUT2D eigenvalue weighted by atomic mass is 10.1. The summed E-state index contributed by atoms with van der Waals surface area (Å²) in [6.45, 7) is 2.44. The molecule has 3 aromatic rings. The quantitative estimate of drug-likeness (QED) is 0.728. The number of nitrogens with one attached hydrogen (secondary N) is 1. The van der Waals surface area contributed by atoms with Gasteiger partial charge in [0.15, 0.2) is 0 Å². The first kappa shape index (κ1) is 14.8. The molecule has 7 nitrogen and oxygen atoms in total. The zero-order valence-electron chi connectivity index (χ0n) is 13.6. The minimum Gasteiger partial charge on any atom is -0.354 e. The Bertz CT molecular complexity index is 909. The summed E-state index contributed by atoms with van der Waals surface area (Å²) in [7, 11) is 0. The Balaban J connectivity index is 1.53. The van der Waals surface area contributed by atoms with Crippen molar-refractivity contribution in [2.75, 3.05) is 24.5 Å². The SMILES string of the molecule is O=CN1CCCN(c2ncnc3[nH]ccc23)CC12CC2c1ccsn1. The van der Waals surface area contributed by atoms with Crippen LogP contribution < -0.4 is 4.90 Å². The van der Waals surface area contributed by atoms with E-state index < -0.39 is 0 Å². The molecule has 2 atom stereocenters. The van der Waals surface area contributed by atoms with E-state index in [9.17, 15) is 4.79 Å². The Morgan fingerprint density at radius 1 is 1.32 bits per heavy atom. The number of nitrogens with zero attached hydrogens (tertiary/aromatic N) is 5. The van der Waals surface area contributed by atoms with Crippen LogP contribution in [0.4, 0.5) is 5.82 Å². The highest BCUT2D eigenvalue weighted by Crippen LogP contribution is 2.56. The minimum atomic E-state index is -0.167. The first-order chi connectivity index (χ1) is 12.3. The molecule has 1 aliphatic carbocycles. The summed E-state index contributed by atoms with van der Waals surface area (Å²) in [6.07, 6.45) is 6.41. The fourth-order valence-electron chi connectivity index (χ4n) is 4.17. The Morgan fingerprint density at radius 2 is 2.28 bits per heavy atom. The molecule has 1 amide bonds. The largest absolute Gasteiger partial charge is 0.354 e. The summed E-state index contributed by atoms with van der Waals surface area (Å²) in [4.78, 5) is 28.1. The number of H-pyrrole nitrogens is 1. The van der Waals surface area contributed by atoms with Crippen LogP contribution in [0.1, 0.15) is 24.5 Å². The van der Waals surface area contributed by atoms with Gasteiger partial charge in [0, 0.05) is 37.1 Å². The highest BCUT2D eigenvalue weighted by molar-refractivity contribution is 7.03. The lowest BCUT2D eigenvalue weighted by molar-refractivity contribution is -0.120. The van der Waals surface area contributed by atoms with Gasteiger partial charge in [-0.15, -0.1) is 0 Å². The molecule has 1 saturated carbocycles. The van der Waals surface area contributed by atoms with Crippen molar-refractivity contribution in [3.63, 3.8) is 0 Å². The van der Waals surface area contributed by atoms with Crippen LogP contribution in [0.25, 0.3) is 11.0 Å². The predicted octanol–water partition coefficient (Wildman–Crippen LogP) is 2.01. The van der Waals surface area contributed by atoms with Crippen LogP contribution in [-0.4, -0.2) is 55.8 Å². The van der Waals surface area contributed by atoms with Crippen molar-refractivity contribution in [2.24, 2.45) is 0 Å². The molecule has 0 aromatic carbocycles. The number of anilines is 1. The van der Waals surface area contributed by atoms with Crippen LogP contribution in [-0.2, 0) is 4.79 Å². The van der Waals surface area contributed by atoms with E-state index in [1.54, 1.807) is 6.33 Å². The van der Waals surface area contributed by atoms with Gasteiger partial charge >= 0.3 is 0 Å². The third kappa shape index (κ3) is 2.24. The summed E-state index contributed by atoms with van der Waals surface area (Å²) in [5.41, 5.74) is 1.79. The van der Waals surface area contributed by atoms with Crippen molar-refractivity contribution in [3.05, 3.63) is 35.7 Å². The predicted molar refractivity (Wildman–Crippen MR) is 95.7 cm³/mol. The van der Waals surface area contributed by atoms with E-state index in [0.29, 0.717) is 5.92 Å². The molecule has 1 spiro atoms. The van der Waals surface area contributed by atoms with E-state index in [1.807, 2.05) is 22.5 Å². The Labute approximate surface area is 148 Å². The van der Waals surface area contributed by atoms with Gasteiger partial charge in [0.2, 0.25) is 6.41 Å². The number of hydrogen-bond acceptors (Lipinski definition) is 6. The maximum Gasteiger partial charge on any atom is 0.210 e. The van der Waals surface area contributed by atoms with Gasteiger partial charge in [0.1, 0.15) is 17.8 Å². The second kappa shape index (κ2) is 5.52. The van der Waals surface area contributed by atoms with Crippen LogP contribution in [0.2, 0.25) is 0 Å². The molecule has 1 aliphatic heterocycles. The van der Waals surface area contributed by atoms with E-state index in [2.05, 4.69) is 30.3 Å². The van der Waals surface area contributed by atoms with Crippen molar-refractivity contribution in [1.82, 2.24) is 24.2 Å². The lowest BCUT2D eigenvalue weighted by Gasteiger charge is -2.31. The van der Waals surface area contributed by atoms with E-state index in [0.717, 1.165) is 61.4 Å². The van der Waals surface area contributed by atoms with Gasteiger partial charge in [-0.25, -0.2) is 9.97 Å². The molecule has 1 saturated heterocycles. The highest BCUT2D eigenvalue weighted by atomic mass is 32.1. The number of fused-ring (bicyclic) bond motifs is 1. The number of carbonyl (C=O) groups is 1. The fraction of sp³-hybridized carbons (Fsp3) is 0.412. The first-order valence-corrected chi connectivity index (χ1v) is 9.31. The first-order valence-electron chi connectivity index (χ1n) is 8.47. The number of amides is 1. The smallest absolute Gasteiger partial charge is 0.210 e. The third-order valence-electron chi connectivity index (χ3n) is 5.48. The van der Waals surface area contributed by atoms with Crippen molar-refractivity contribution >= 4 is 34.8 Å². The topological polar surface area (TPSA) is 78.0 Å². The van der Waals surface area contributed by atoms with E-state index in [-0.39, 0.29) is 5.54 Å². The number of aromatic nitrogens is 4. The average Bonchev–Trinajstić information content (AvgIpc) is 3.02. The lowest BCUT2D eigenvalue weighted by Crippen LogP contribution is -2.44. The fourth-order valence-corrected chi connectivity index (χ4v) is 4.74. The van der Waals surface area contributed by atoms with Crippen molar-refractivity contribution in [2.45, 2.75) is 24.3 Å². The van der Waals surface area contributed by atoms with Crippen molar-refractivity contribution in [3.8, 4) is 0 Å². The van der Waals surface area contributed by atoms with E-state index in [4.69, 9.17) is 0 Å². The molecule has 3 aromatic heterocycles. The van der Waals surface area contributed by atoms with Crippen molar-refractivity contribution < 1.29 is 4.79 Å². The van der Waals surface area contributed by atoms with Crippen LogP contribution in [0.5, 0.6) is 0 Å². The van der Waals surface area contributed by atoms with Gasteiger partial charge in [-0.3, -0.25) is 4.79 Å². The summed E-state index contributed by atoms with van der Waals surface area (Å²) in [6, 6.07) is 4.10. The molecule has 4 heterocycles. The molecule has 5 rings (SSSR count). The van der Waals surface area contributed by atoms with Crippen LogP contribution in [0.3, 0.4) is 0 Å². The highest BCUT2D eigenvalue weighted by Gasteiger charge is 2.61. The van der Waals surface area contributed by atoms with Gasteiger partial charge in [-0.1, -0.05) is 0 Å². The Morgan fingerprint density at radius 3 is 3.12 bits per heavy atom. The third-order valence-corrected chi connectivity index (χ3v) is 6.06. The standard InChI is InChI=1S/C17H18N6OS/c24-11-23-6-1-5-22(16-12-2-4-18-15(12)19-10-20-16)9-17(23)8-13(17)14-3-7-25-21-14/h2-4,7,10-11,13H,1,5-6,8-9H2,(H,18,19,20). The minimum absolute atomic E-state index is 0.167. The van der Waals surface area contributed by atoms with E-state index >= 15 is 0 Å². The molecular formula is C17H18N6OS. The van der Waals surface area contributed by atoms with Crippen molar-refractivity contribution in [1.29, 1.82) is 0 Å². The number of carbonyl (C=O) groups excluding carboxylic acids is 1. The number of hydrogen-bond donors (Lipinski definition) is 1. The summed E-state index contributed by atoms with van der Waals surface area (Å²) in [5, 5.41) is 3.04. The molecule has 25 heavy (non-hydrogen) atoms. The molecule has 0 bridgehead atoms. The molecule has 128 valence electrons. The number of aromatic amines is 1. The molecule has 8 heteroatoms. The summed E-state index contributed by atoms with van der Waals surface area (Å²) < 4.78 is 4.52. The Kier molecular flexibility index (Phi) is 3.27. The van der Waals surface area contributed by atoms with Crippen LogP contribution in [0.15, 0.2) is 30.0 Å². The molecule has 0 radical (unpaired) electrons. The van der Waals surface area contributed by atoms with Gasteiger partial charge < -0.3 is 14.8 Å². The number of rotatable bonds is 3. The molecule has 2 fully saturated rings. The van der Waals surface area contributed by atoms with Gasteiger partial charge in [0.25, 0.3) is 0 Å². The summed E-state index contributed by atoms with van der Waals surface area (Å²) >= 11 is 1.47. The normalized spacial score (nSPS) is 26.2. The molecular weight excluding hydrogens is 336 g/mol. The zero-order chi connectivity index (χ0) is 16.9. The average molecular weight is 354 g/mol. The second-order valence-electron chi connectivity index (χ2n) is 6.80. The van der Waals surface area contributed by atoms with Gasteiger partial charge in [-0.2, -0.15) is 4.37 Å². The Hall–Kier alpha value is -2.48. The molecule has 2 aliphatic rings. The monoisotopic (exact) mass is 354 g/mol. The summed E-state index contributed by atoms with van der Waals surface area (Å²) in [5.74, 6) is 1.26.